The van der Waals surface area contributed by atoms with Crippen molar-refractivity contribution >= 4 is 18.0 Å². The van der Waals surface area contributed by atoms with Gasteiger partial charge in [-0.25, -0.2) is 0 Å². The number of hydrogen-bond acceptors (Lipinski definition) is 2. The van der Waals surface area contributed by atoms with Crippen LogP contribution in [0, 0.1) is 0 Å². The highest BCUT2D eigenvalue weighted by molar-refractivity contribution is 7.99. The lowest BCUT2D eigenvalue weighted by atomic mass is 10.5. The first-order valence-corrected chi connectivity index (χ1v) is 3.21. The normalized spacial score (nSPS) is 21.3. The maximum absolute atomic E-state index is 4.02. The van der Waals surface area contributed by atoms with E-state index in [1.54, 1.807) is 0 Å². The largest absolute Gasteiger partial charge is 0.287 e. The van der Waals surface area contributed by atoms with Crippen LogP contribution in [0.4, 0.5) is 0 Å². The quantitative estimate of drug-likeness (QED) is 0.446. The smallest absolute Gasteiger partial charge is 0.0840 e. The Hall–Kier alpha value is 0.0200. The Labute approximate surface area is 41.8 Å². The number of nitrogens with zero attached hydrogens (tertiary/aromatic N) is 1. The zero-order chi connectivity index (χ0) is 4.24. The monoisotopic (exact) mass is 101 g/mol. The lowest BCUT2D eigenvalue weighted by Gasteiger charge is -1.97. The Kier molecular flexibility index (Phi) is 1.56. The highest BCUT2D eigenvalue weighted by Crippen LogP contribution is 2.04. The van der Waals surface area contributed by atoms with Gasteiger partial charge < -0.3 is 0 Å². The highest BCUT2D eigenvalue weighted by Gasteiger charge is 1.87. The first-order chi connectivity index (χ1) is 3.00. The molecule has 6 heavy (non-hydrogen) atoms. The summed E-state index contributed by atoms with van der Waals surface area (Å²) in [7, 11) is 0. The van der Waals surface area contributed by atoms with Gasteiger partial charge in [-0.3, -0.25) is 4.99 Å². The number of aliphatic imine (C=N–C) groups is 1. The van der Waals surface area contributed by atoms with Gasteiger partial charge in [0.05, 0.1) is 5.88 Å². The second-order valence-corrected chi connectivity index (χ2v) is 2.27. The zero-order valence-electron chi connectivity index (χ0n) is 3.55. The topological polar surface area (TPSA) is 12.4 Å². The molecule has 1 nitrogen and oxygen atoms in total. The molecule has 0 spiro atoms. The van der Waals surface area contributed by atoms with E-state index < -0.39 is 0 Å². The van der Waals surface area contributed by atoms with Crippen LogP contribution >= 0.6 is 11.8 Å². The number of thioether (sulfide) groups is 1. The van der Waals surface area contributed by atoms with Crippen LogP contribution in [0.3, 0.4) is 0 Å². The minimum atomic E-state index is 0.986. The molecule has 0 saturated carbocycles. The van der Waals surface area contributed by atoms with Crippen LogP contribution in [0.15, 0.2) is 4.99 Å². The first kappa shape index (κ1) is 4.19. The van der Waals surface area contributed by atoms with E-state index in [4.69, 9.17) is 0 Å². The molecule has 1 rings (SSSR count). The van der Waals surface area contributed by atoms with Crippen LogP contribution in [0.25, 0.3) is 0 Å². The maximum atomic E-state index is 4.02. The van der Waals surface area contributed by atoms with Gasteiger partial charge in [0.2, 0.25) is 0 Å². The summed E-state index contributed by atoms with van der Waals surface area (Å²) in [6, 6.07) is 0. The van der Waals surface area contributed by atoms with Crippen LogP contribution in [0.2, 0.25) is 0 Å². The van der Waals surface area contributed by atoms with Gasteiger partial charge in [0.1, 0.15) is 0 Å². The second kappa shape index (κ2) is 2.24. The molecule has 0 atom stereocenters. The summed E-state index contributed by atoms with van der Waals surface area (Å²) in [5.41, 5.74) is 0. The van der Waals surface area contributed by atoms with Crippen molar-refractivity contribution in [3.63, 3.8) is 0 Å². The Balaban J connectivity index is 2.26. The van der Waals surface area contributed by atoms with Gasteiger partial charge in [-0.05, 0) is 6.42 Å². The van der Waals surface area contributed by atoms with Crippen LogP contribution in [0.1, 0.15) is 6.42 Å². The van der Waals surface area contributed by atoms with E-state index in [1.165, 1.54) is 12.2 Å². The summed E-state index contributed by atoms with van der Waals surface area (Å²) in [6.45, 7) is 0. The fourth-order valence-electron chi connectivity index (χ4n) is 0.397. The van der Waals surface area contributed by atoms with Crippen molar-refractivity contribution in [1.82, 2.24) is 0 Å². The molecule has 34 valence electrons. The fourth-order valence-corrected chi connectivity index (χ4v) is 1.01. The van der Waals surface area contributed by atoms with Crippen LogP contribution in [-0.4, -0.2) is 17.8 Å². The summed E-state index contributed by atoms with van der Waals surface area (Å²) in [4.78, 5) is 4.02. The van der Waals surface area contributed by atoms with Crippen molar-refractivity contribution in [2.75, 3.05) is 11.6 Å². The molecule has 0 aromatic heterocycles. The summed E-state index contributed by atoms with van der Waals surface area (Å²) in [5.74, 6) is 2.25. The van der Waals surface area contributed by atoms with Gasteiger partial charge in [0.25, 0.3) is 0 Å². The average Bonchev–Trinajstić information content (AvgIpc) is 1.72. The lowest BCUT2D eigenvalue weighted by Crippen LogP contribution is -1.88. The van der Waals surface area contributed by atoms with E-state index in [0.29, 0.717) is 0 Å². The summed E-state index contributed by atoms with van der Waals surface area (Å²) >= 11 is 1.90. The van der Waals surface area contributed by atoms with Crippen LogP contribution < -0.4 is 0 Å². The zero-order valence-corrected chi connectivity index (χ0v) is 4.37. The van der Waals surface area contributed by atoms with E-state index >= 15 is 0 Å². The van der Waals surface area contributed by atoms with Gasteiger partial charge in [-0.1, -0.05) is 0 Å². The molecule has 1 aliphatic heterocycles. The van der Waals surface area contributed by atoms with Gasteiger partial charge in [-0.15, -0.1) is 11.8 Å². The third-order valence-corrected chi connectivity index (χ3v) is 1.54. The van der Waals surface area contributed by atoms with Crippen molar-refractivity contribution in [3.8, 4) is 0 Å². The molecule has 0 amide bonds. The van der Waals surface area contributed by atoms with Crippen LogP contribution in [0.5, 0.6) is 0 Å². The minimum absolute atomic E-state index is 0.986. The van der Waals surface area contributed by atoms with E-state index in [1.807, 2.05) is 18.0 Å². The van der Waals surface area contributed by atoms with Crippen molar-refractivity contribution in [1.29, 1.82) is 0 Å². The van der Waals surface area contributed by atoms with Crippen molar-refractivity contribution in [2.24, 2.45) is 4.99 Å². The molecule has 0 fully saturated rings. The van der Waals surface area contributed by atoms with Crippen molar-refractivity contribution in [2.45, 2.75) is 6.42 Å². The SMILES string of the molecule is C1=NCSCC1. The van der Waals surface area contributed by atoms with Gasteiger partial charge in [0.15, 0.2) is 0 Å². The average molecular weight is 101 g/mol. The first-order valence-electron chi connectivity index (χ1n) is 2.06. The third-order valence-electron chi connectivity index (χ3n) is 0.686. The molecule has 1 heterocycles. The number of hydrogen-bond donors (Lipinski definition) is 0. The lowest BCUT2D eigenvalue weighted by molar-refractivity contribution is 1.24. The van der Waals surface area contributed by atoms with Gasteiger partial charge in [-0.2, -0.15) is 0 Å². The predicted molar refractivity (Wildman–Crippen MR) is 30.4 cm³/mol. The molecule has 0 radical (unpaired) electrons. The molecule has 0 N–H and O–H groups in total. The minimum Gasteiger partial charge on any atom is -0.287 e. The van der Waals surface area contributed by atoms with Gasteiger partial charge >= 0.3 is 0 Å². The van der Waals surface area contributed by atoms with Crippen molar-refractivity contribution < 1.29 is 0 Å². The maximum Gasteiger partial charge on any atom is 0.0840 e. The van der Waals surface area contributed by atoms with Crippen LogP contribution in [-0.2, 0) is 0 Å². The Bertz CT molecular complexity index is 52.6. The Morgan fingerprint density at radius 3 is 2.83 bits per heavy atom. The fraction of sp³-hybridized carbons (Fsp3) is 0.750. The molecule has 0 aromatic carbocycles. The summed E-state index contributed by atoms with van der Waals surface area (Å²) < 4.78 is 0. The van der Waals surface area contributed by atoms with E-state index in [0.717, 1.165) is 5.88 Å². The Morgan fingerprint density at radius 2 is 2.67 bits per heavy atom. The van der Waals surface area contributed by atoms with Gasteiger partial charge in [0, 0.05) is 12.0 Å². The molecule has 0 unspecified atom stereocenters. The van der Waals surface area contributed by atoms with Crippen molar-refractivity contribution in [3.05, 3.63) is 0 Å². The standard InChI is InChI=1S/C4H7NS/c1-2-5-4-6-3-1/h2H,1,3-4H2. The second-order valence-electron chi connectivity index (χ2n) is 1.19. The third kappa shape index (κ3) is 1.01. The molecule has 0 bridgehead atoms. The highest BCUT2D eigenvalue weighted by atomic mass is 32.2. The number of rotatable bonds is 0. The molecular formula is C4H7NS. The van der Waals surface area contributed by atoms with E-state index in [2.05, 4.69) is 4.99 Å². The van der Waals surface area contributed by atoms with E-state index in [9.17, 15) is 0 Å². The Morgan fingerprint density at radius 1 is 1.67 bits per heavy atom. The molecular weight excluding hydrogens is 94.1 g/mol. The summed E-state index contributed by atoms with van der Waals surface area (Å²) in [6.07, 6.45) is 3.17. The summed E-state index contributed by atoms with van der Waals surface area (Å²) in [5, 5.41) is 0. The molecule has 2 heteroatoms. The molecule has 0 aliphatic carbocycles. The molecule has 0 saturated heterocycles. The van der Waals surface area contributed by atoms with E-state index in [-0.39, 0.29) is 0 Å². The molecule has 0 aromatic rings. The molecule has 1 aliphatic rings. The predicted octanol–water partition coefficient (Wildman–Crippen LogP) is 1.15.